The minimum absolute atomic E-state index is 0.0681. The summed E-state index contributed by atoms with van der Waals surface area (Å²) >= 11 is 0. The highest BCUT2D eigenvalue weighted by molar-refractivity contribution is 5.04. The normalized spacial score (nSPS) is 45.5. The van der Waals surface area contributed by atoms with Crippen LogP contribution in [0.4, 0.5) is 0 Å². The average Bonchev–Trinajstić information content (AvgIpc) is 2.90. The Kier molecular flexibility index (Phi) is 3.38. The average molecular weight is 277 g/mol. The van der Waals surface area contributed by atoms with Gasteiger partial charge in [0.2, 0.25) is 0 Å². The quantitative estimate of drug-likeness (QED) is 0.851. The summed E-state index contributed by atoms with van der Waals surface area (Å²) in [4.78, 5) is 2.48. The van der Waals surface area contributed by atoms with Gasteiger partial charge in [0.25, 0.3) is 0 Å². The van der Waals surface area contributed by atoms with Gasteiger partial charge in [-0.15, -0.1) is 0 Å². The van der Waals surface area contributed by atoms with Gasteiger partial charge in [0, 0.05) is 12.6 Å². The molecule has 1 N–H and O–H groups in total. The van der Waals surface area contributed by atoms with Crippen molar-refractivity contribution in [3.05, 3.63) is 0 Å². The maximum atomic E-state index is 11.0. The van der Waals surface area contributed by atoms with E-state index in [-0.39, 0.29) is 6.10 Å². The maximum Gasteiger partial charge on any atom is 0.0723 e. The molecule has 0 amide bonds. The van der Waals surface area contributed by atoms with Gasteiger partial charge >= 0.3 is 0 Å². The molecule has 0 radical (unpaired) electrons. The molecule has 114 valence electrons. The van der Waals surface area contributed by atoms with E-state index in [1.54, 1.807) is 0 Å². The highest BCUT2D eigenvalue weighted by atomic mass is 16.3. The molecule has 1 unspecified atom stereocenters. The molecule has 5 saturated carbocycles. The smallest absolute Gasteiger partial charge is 0.0723 e. The van der Waals surface area contributed by atoms with E-state index in [9.17, 15) is 5.11 Å². The molecule has 5 aliphatic carbocycles. The van der Waals surface area contributed by atoms with E-state index in [1.165, 1.54) is 64.2 Å². The Labute approximate surface area is 123 Å². The van der Waals surface area contributed by atoms with Crippen molar-refractivity contribution in [2.45, 2.75) is 76.4 Å². The van der Waals surface area contributed by atoms with Crippen molar-refractivity contribution in [3.63, 3.8) is 0 Å². The lowest BCUT2D eigenvalue weighted by Crippen LogP contribution is -2.54. The summed E-state index contributed by atoms with van der Waals surface area (Å²) in [5.41, 5.74) is 0.307. The summed E-state index contributed by atoms with van der Waals surface area (Å²) in [5.74, 6) is 2.85. The Morgan fingerprint density at radius 3 is 2.00 bits per heavy atom. The number of hydrogen-bond acceptors (Lipinski definition) is 2. The van der Waals surface area contributed by atoms with Crippen molar-refractivity contribution >= 4 is 0 Å². The highest BCUT2D eigenvalue weighted by Gasteiger charge is 2.54. The fraction of sp³-hybridized carbons (Fsp3) is 1.00. The molecule has 2 heteroatoms. The Hall–Kier alpha value is -0.0800. The third kappa shape index (κ3) is 2.23. The van der Waals surface area contributed by atoms with Crippen LogP contribution in [0.2, 0.25) is 0 Å². The van der Waals surface area contributed by atoms with Gasteiger partial charge < -0.3 is 10.0 Å². The van der Waals surface area contributed by atoms with Crippen LogP contribution < -0.4 is 0 Å². The molecule has 0 aliphatic heterocycles. The lowest BCUT2D eigenvalue weighted by atomic mass is 9.48. The van der Waals surface area contributed by atoms with Crippen molar-refractivity contribution < 1.29 is 5.11 Å². The van der Waals surface area contributed by atoms with E-state index < -0.39 is 0 Å². The van der Waals surface area contributed by atoms with E-state index in [1.807, 2.05) is 0 Å². The van der Waals surface area contributed by atoms with Crippen LogP contribution in [0.1, 0.15) is 64.2 Å². The first-order valence-corrected chi connectivity index (χ1v) is 9.03. The summed E-state index contributed by atoms with van der Waals surface area (Å²) in [6, 6.07) is 0.749. The second-order valence-corrected chi connectivity index (χ2v) is 8.67. The van der Waals surface area contributed by atoms with E-state index in [4.69, 9.17) is 0 Å². The zero-order valence-corrected chi connectivity index (χ0v) is 13.1. The lowest BCUT2D eigenvalue weighted by molar-refractivity contribution is -0.127. The van der Waals surface area contributed by atoms with Crippen molar-refractivity contribution in [1.29, 1.82) is 0 Å². The molecule has 20 heavy (non-hydrogen) atoms. The van der Waals surface area contributed by atoms with Crippen molar-refractivity contribution in [2.24, 2.45) is 23.2 Å². The molecule has 0 aromatic carbocycles. The van der Waals surface area contributed by atoms with Crippen LogP contribution >= 0.6 is 0 Å². The SMILES string of the molecule is CN(CC(O)C12CC3CC(CC(C3)C1)C2)C1CCCC1. The Morgan fingerprint density at radius 2 is 1.50 bits per heavy atom. The summed E-state index contributed by atoms with van der Waals surface area (Å²) in [7, 11) is 2.25. The van der Waals surface area contributed by atoms with Crippen LogP contribution in [0.3, 0.4) is 0 Å². The minimum Gasteiger partial charge on any atom is -0.391 e. The highest BCUT2D eigenvalue weighted by Crippen LogP contribution is 2.61. The fourth-order valence-electron chi connectivity index (χ4n) is 6.55. The largest absolute Gasteiger partial charge is 0.391 e. The number of aliphatic hydroxyl groups is 1. The third-order valence-corrected chi connectivity index (χ3v) is 7.20. The molecule has 2 nitrogen and oxygen atoms in total. The maximum absolute atomic E-state index is 11.0. The molecule has 5 fully saturated rings. The summed E-state index contributed by atoms with van der Waals surface area (Å²) < 4.78 is 0. The second kappa shape index (κ2) is 4.98. The standard InChI is InChI=1S/C18H31NO/c1-19(16-4-2-3-5-16)12-17(20)18-9-13-6-14(10-18)8-15(7-13)11-18/h13-17,20H,2-12H2,1H3. The van der Waals surface area contributed by atoms with Gasteiger partial charge in [-0.25, -0.2) is 0 Å². The lowest BCUT2D eigenvalue weighted by Gasteiger charge is -2.58. The Bertz CT molecular complexity index is 325. The molecule has 0 aromatic heterocycles. The second-order valence-electron chi connectivity index (χ2n) is 8.67. The third-order valence-electron chi connectivity index (χ3n) is 7.20. The fourth-order valence-corrected chi connectivity index (χ4v) is 6.55. The van der Waals surface area contributed by atoms with Gasteiger partial charge in [-0.05, 0) is 81.6 Å². The van der Waals surface area contributed by atoms with Gasteiger partial charge in [0.15, 0.2) is 0 Å². The molecule has 0 heterocycles. The molecular weight excluding hydrogens is 246 g/mol. The predicted octanol–water partition coefficient (Wildman–Crippen LogP) is 3.44. The van der Waals surface area contributed by atoms with Crippen molar-refractivity contribution in [3.8, 4) is 0 Å². The first-order valence-electron chi connectivity index (χ1n) is 9.03. The van der Waals surface area contributed by atoms with Crippen LogP contribution in [0.25, 0.3) is 0 Å². The molecular formula is C18H31NO. The number of aliphatic hydroxyl groups excluding tert-OH is 1. The minimum atomic E-state index is -0.0681. The van der Waals surface area contributed by atoms with Gasteiger partial charge in [0.1, 0.15) is 0 Å². The Balaban J connectivity index is 1.43. The van der Waals surface area contributed by atoms with E-state index in [0.717, 1.165) is 30.3 Å². The van der Waals surface area contributed by atoms with E-state index >= 15 is 0 Å². The van der Waals surface area contributed by atoms with Crippen LogP contribution in [0.15, 0.2) is 0 Å². The number of nitrogens with zero attached hydrogens (tertiary/aromatic N) is 1. The zero-order valence-electron chi connectivity index (χ0n) is 13.1. The zero-order chi connectivity index (χ0) is 13.7. The number of likely N-dealkylation sites (N-methyl/N-ethyl adjacent to an activating group) is 1. The number of rotatable bonds is 4. The molecule has 5 aliphatic rings. The molecule has 5 rings (SSSR count). The van der Waals surface area contributed by atoms with E-state index in [0.29, 0.717) is 5.41 Å². The van der Waals surface area contributed by atoms with Gasteiger partial charge in [0.05, 0.1) is 6.10 Å². The van der Waals surface area contributed by atoms with Crippen LogP contribution in [0, 0.1) is 23.2 Å². The van der Waals surface area contributed by atoms with Crippen LogP contribution in [-0.4, -0.2) is 35.7 Å². The molecule has 0 saturated heterocycles. The monoisotopic (exact) mass is 277 g/mol. The van der Waals surface area contributed by atoms with Gasteiger partial charge in [-0.1, -0.05) is 12.8 Å². The summed E-state index contributed by atoms with van der Waals surface area (Å²) in [5, 5.41) is 11.0. The van der Waals surface area contributed by atoms with Gasteiger partial charge in [-0.2, -0.15) is 0 Å². The van der Waals surface area contributed by atoms with Crippen LogP contribution in [-0.2, 0) is 0 Å². The van der Waals surface area contributed by atoms with Crippen LogP contribution in [0.5, 0.6) is 0 Å². The topological polar surface area (TPSA) is 23.5 Å². The molecule has 1 atom stereocenters. The Morgan fingerprint density at radius 1 is 1.00 bits per heavy atom. The van der Waals surface area contributed by atoms with Crippen molar-refractivity contribution in [1.82, 2.24) is 4.90 Å². The molecule has 0 aromatic rings. The molecule has 0 spiro atoms. The summed E-state index contributed by atoms with van der Waals surface area (Å²) in [6.07, 6.45) is 13.8. The summed E-state index contributed by atoms with van der Waals surface area (Å²) in [6.45, 7) is 0.927. The first-order chi connectivity index (χ1) is 9.64. The van der Waals surface area contributed by atoms with E-state index in [2.05, 4.69) is 11.9 Å². The van der Waals surface area contributed by atoms with Gasteiger partial charge in [-0.3, -0.25) is 0 Å². The number of hydrogen-bond donors (Lipinski definition) is 1. The first kappa shape index (κ1) is 13.6. The van der Waals surface area contributed by atoms with Crippen molar-refractivity contribution in [2.75, 3.05) is 13.6 Å². The molecule has 4 bridgehead atoms. The predicted molar refractivity (Wildman–Crippen MR) is 81.5 cm³/mol.